The quantitative estimate of drug-likeness (QED) is 0.149. The Morgan fingerprint density at radius 2 is 2.00 bits per heavy atom. The summed E-state index contributed by atoms with van der Waals surface area (Å²) in [4.78, 5) is 27.8. The number of ketones is 1. The third kappa shape index (κ3) is 4.86. The minimum atomic E-state index is -0.864. The van der Waals surface area contributed by atoms with Crippen LogP contribution in [0.4, 0.5) is 10.2 Å². The highest BCUT2D eigenvalue weighted by Gasteiger charge is 2.25. The van der Waals surface area contributed by atoms with Crippen LogP contribution in [0.5, 0.6) is 5.75 Å². The fourth-order valence-electron chi connectivity index (χ4n) is 3.48. The number of nitro groups is 1. The van der Waals surface area contributed by atoms with E-state index in [2.05, 4.69) is 47.0 Å². The Kier molecular flexibility index (Phi) is 7.08. The maximum Gasteiger partial charge on any atom is 0.406 e. The van der Waals surface area contributed by atoms with Crippen LogP contribution in [0.3, 0.4) is 0 Å². The fraction of sp³-hybridized carbons (Fsp3) is 0.182. The first-order valence-electron chi connectivity index (χ1n) is 10.3. The second-order valence-electron chi connectivity index (χ2n) is 7.32. The molecule has 10 nitrogen and oxygen atoms in total. The van der Waals surface area contributed by atoms with Gasteiger partial charge in [-0.3, -0.25) is 9.48 Å². The van der Waals surface area contributed by atoms with Gasteiger partial charge in [0.1, 0.15) is 22.2 Å². The van der Waals surface area contributed by atoms with Gasteiger partial charge in [-0.25, -0.2) is 9.07 Å². The number of benzene rings is 1. The smallest absolute Gasteiger partial charge is 0.406 e. The van der Waals surface area contributed by atoms with Gasteiger partial charge in [-0.05, 0) is 79.9 Å². The summed E-state index contributed by atoms with van der Waals surface area (Å²) in [6.07, 6.45) is 3.33. The minimum Gasteiger partial charge on any atom is -0.478 e. The molecule has 0 bridgehead atoms. The Morgan fingerprint density at radius 3 is 2.69 bits per heavy atom. The van der Waals surface area contributed by atoms with Gasteiger partial charge in [0.25, 0.3) is 0 Å². The van der Waals surface area contributed by atoms with Crippen LogP contribution in [0.15, 0.2) is 58.0 Å². The van der Waals surface area contributed by atoms with E-state index in [0.717, 1.165) is 0 Å². The summed E-state index contributed by atoms with van der Waals surface area (Å²) in [6, 6.07) is 6.88. The van der Waals surface area contributed by atoms with Gasteiger partial charge in [0.15, 0.2) is 6.20 Å². The van der Waals surface area contributed by atoms with Gasteiger partial charge in [-0.1, -0.05) is 0 Å². The van der Waals surface area contributed by atoms with Gasteiger partial charge in [-0.15, -0.1) is 0 Å². The summed E-state index contributed by atoms with van der Waals surface area (Å²) >= 11 is 6.62. The molecular formula is C22H17Br2FN6O4. The van der Waals surface area contributed by atoms with E-state index in [1.165, 1.54) is 47.5 Å². The van der Waals surface area contributed by atoms with E-state index in [0.29, 0.717) is 32.4 Å². The Hall–Kier alpha value is -3.45. The Bertz CT molecular complexity index is 1440. The molecule has 0 fully saturated rings. The van der Waals surface area contributed by atoms with E-state index in [4.69, 9.17) is 4.74 Å². The molecule has 0 radical (unpaired) electrons. The van der Waals surface area contributed by atoms with Gasteiger partial charge in [0, 0.05) is 18.2 Å². The van der Waals surface area contributed by atoms with Gasteiger partial charge in [0.2, 0.25) is 11.5 Å². The predicted molar refractivity (Wildman–Crippen MR) is 130 cm³/mol. The van der Waals surface area contributed by atoms with Crippen molar-refractivity contribution in [1.82, 2.24) is 24.5 Å². The van der Waals surface area contributed by atoms with E-state index >= 15 is 0 Å². The zero-order valence-corrected chi connectivity index (χ0v) is 21.5. The fourth-order valence-corrected chi connectivity index (χ4v) is 4.42. The third-order valence-electron chi connectivity index (χ3n) is 5.13. The first-order chi connectivity index (χ1) is 16.7. The van der Waals surface area contributed by atoms with E-state index in [1.54, 1.807) is 17.7 Å². The van der Waals surface area contributed by atoms with Crippen molar-refractivity contribution in [3.05, 3.63) is 90.8 Å². The number of carbonyl (C=O) groups excluding carboxylic acids is 1. The molecule has 1 aromatic carbocycles. The largest absolute Gasteiger partial charge is 0.478 e. The lowest BCUT2D eigenvalue weighted by Gasteiger charge is -2.19. The van der Waals surface area contributed by atoms with Gasteiger partial charge < -0.3 is 14.9 Å². The van der Waals surface area contributed by atoms with Crippen LogP contribution in [0.2, 0.25) is 0 Å². The Balaban J connectivity index is 1.75. The van der Waals surface area contributed by atoms with Crippen LogP contribution >= 0.6 is 31.9 Å². The standard InChI is InChI=1S/C22H17Br2FN6O4/c1-3-29-21(24)16(11-28-29)20(32)18-6-7-27-30(18)17-5-4-14(25)9-15(17)12(2)35-19-8-13(23)10-26-22(19)31(33)34/h4-12H,3H2,1-2H3. The molecule has 0 saturated carbocycles. The van der Waals surface area contributed by atoms with E-state index in [9.17, 15) is 19.3 Å². The maximum absolute atomic E-state index is 14.3. The third-order valence-corrected chi connectivity index (χ3v) is 6.40. The zero-order valence-electron chi connectivity index (χ0n) is 18.4. The molecule has 3 aromatic heterocycles. The molecule has 3 heterocycles. The van der Waals surface area contributed by atoms with Gasteiger partial charge in [0.05, 0.1) is 28.1 Å². The number of hydrogen-bond donors (Lipinski definition) is 0. The van der Waals surface area contributed by atoms with Crippen LogP contribution in [-0.4, -0.2) is 35.3 Å². The molecular weight excluding hydrogens is 591 g/mol. The molecule has 1 unspecified atom stereocenters. The van der Waals surface area contributed by atoms with Crippen LogP contribution < -0.4 is 4.74 Å². The monoisotopic (exact) mass is 606 g/mol. The average Bonchev–Trinajstić information content (AvgIpc) is 3.45. The number of aryl methyl sites for hydroxylation is 1. The summed E-state index contributed by atoms with van der Waals surface area (Å²) in [6.45, 7) is 4.07. The highest BCUT2D eigenvalue weighted by atomic mass is 79.9. The lowest BCUT2D eigenvalue weighted by atomic mass is 10.1. The molecule has 180 valence electrons. The molecule has 0 amide bonds. The van der Waals surface area contributed by atoms with Crippen LogP contribution in [0.25, 0.3) is 5.69 Å². The van der Waals surface area contributed by atoms with Crippen molar-refractivity contribution in [2.24, 2.45) is 0 Å². The lowest BCUT2D eigenvalue weighted by molar-refractivity contribution is -0.390. The highest BCUT2D eigenvalue weighted by Crippen LogP contribution is 2.34. The highest BCUT2D eigenvalue weighted by molar-refractivity contribution is 9.10. The van der Waals surface area contributed by atoms with E-state index in [1.807, 2.05) is 6.92 Å². The van der Waals surface area contributed by atoms with Crippen LogP contribution in [-0.2, 0) is 6.54 Å². The van der Waals surface area contributed by atoms with Crippen molar-refractivity contribution >= 4 is 43.5 Å². The summed E-state index contributed by atoms with van der Waals surface area (Å²) in [5.41, 5.74) is 1.26. The van der Waals surface area contributed by atoms with Gasteiger partial charge in [-0.2, -0.15) is 10.2 Å². The second kappa shape index (κ2) is 10.0. The van der Waals surface area contributed by atoms with E-state index in [-0.39, 0.29) is 17.2 Å². The van der Waals surface area contributed by atoms with Crippen molar-refractivity contribution in [1.29, 1.82) is 0 Å². The minimum absolute atomic E-state index is 0.0974. The number of aromatic nitrogens is 5. The van der Waals surface area contributed by atoms with E-state index < -0.39 is 22.7 Å². The number of hydrogen-bond acceptors (Lipinski definition) is 7. The SMILES string of the molecule is CCn1ncc(C(=O)c2ccnn2-c2ccc(F)cc2C(C)Oc2cc(Br)cnc2[N+](=O)[O-])c1Br. The molecule has 0 aliphatic heterocycles. The van der Waals surface area contributed by atoms with Crippen molar-refractivity contribution in [2.75, 3.05) is 0 Å². The van der Waals surface area contributed by atoms with Crippen molar-refractivity contribution in [2.45, 2.75) is 26.5 Å². The summed E-state index contributed by atoms with van der Waals surface area (Å²) in [5, 5.41) is 19.9. The molecule has 13 heteroatoms. The number of halogens is 3. The van der Waals surface area contributed by atoms with Crippen molar-refractivity contribution in [3.8, 4) is 11.4 Å². The predicted octanol–water partition coefficient (Wildman–Crippen LogP) is 5.43. The maximum atomic E-state index is 14.3. The van der Waals surface area contributed by atoms with Crippen molar-refractivity contribution < 1.29 is 18.8 Å². The van der Waals surface area contributed by atoms with Gasteiger partial charge >= 0.3 is 5.82 Å². The van der Waals surface area contributed by atoms with Crippen LogP contribution in [0, 0.1) is 15.9 Å². The zero-order chi connectivity index (χ0) is 25.3. The molecule has 35 heavy (non-hydrogen) atoms. The summed E-state index contributed by atoms with van der Waals surface area (Å²) in [7, 11) is 0. The molecule has 0 aliphatic rings. The molecule has 0 saturated heterocycles. The second-order valence-corrected chi connectivity index (χ2v) is 8.98. The Labute approximate surface area is 215 Å². The number of ether oxygens (including phenoxy) is 1. The molecule has 0 aliphatic carbocycles. The number of pyridine rings is 1. The number of rotatable bonds is 8. The average molecular weight is 608 g/mol. The molecule has 4 aromatic rings. The topological polar surface area (TPSA) is 118 Å². The normalized spacial score (nSPS) is 11.9. The first kappa shape index (κ1) is 24.7. The lowest BCUT2D eigenvalue weighted by Crippen LogP contribution is -2.15. The molecule has 0 spiro atoms. The Morgan fingerprint density at radius 1 is 1.23 bits per heavy atom. The summed E-state index contributed by atoms with van der Waals surface area (Å²) in [5.74, 6) is -1.47. The summed E-state index contributed by atoms with van der Waals surface area (Å²) < 4.78 is 24.1. The molecule has 4 rings (SSSR count). The number of nitrogens with zero attached hydrogens (tertiary/aromatic N) is 6. The number of carbonyl (C=O) groups is 1. The first-order valence-corrected chi connectivity index (χ1v) is 11.9. The molecule has 1 atom stereocenters. The van der Waals surface area contributed by atoms with Crippen molar-refractivity contribution in [3.63, 3.8) is 0 Å². The molecule has 0 N–H and O–H groups in total. The van der Waals surface area contributed by atoms with Crippen LogP contribution in [0.1, 0.15) is 41.6 Å².